The molecule has 1 saturated carbocycles. The van der Waals surface area contributed by atoms with Crippen molar-refractivity contribution in [2.24, 2.45) is 11.8 Å². The Balaban J connectivity index is 1.57. The van der Waals surface area contributed by atoms with Crippen molar-refractivity contribution in [1.82, 2.24) is 0 Å². The van der Waals surface area contributed by atoms with Gasteiger partial charge in [-0.3, -0.25) is 0 Å². The van der Waals surface area contributed by atoms with Gasteiger partial charge in [0.05, 0.1) is 23.6 Å². The van der Waals surface area contributed by atoms with Crippen molar-refractivity contribution in [2.45, 2.75) is 51.4 Å². The van der Waals surface area contributed by atoms with Crippen molar-refractivity contribution in [3.05, 3.63) is 78.1 Å². The Kier molecular flexibility index (Phi) is 4.99. The van der Waals surface area contributed by atoms with E-state index in [0.29, 0.717) is 0 Å². The van der Waals surface area contributed by atoms with Crippen LogP contribution in [-0.2, 0) is 12.8 Å². The van der Waals surface area contributed by atoms with E-state index in [1.807, 2.05) is 0 Å². The molecule has 1 heterocycles. The van der Waals surface area contributed by atoms with Crippen LogP contribution in [0.3, 0.4) is 0 Å². The first-order valence-electron chi connectivity index (χ1n) is 11.0. The molecule has 2 aliphatic rings. The van der Waals surface area contributed by atoms with E-state index in [1.54, 1.807) is 0 Å². The SMILES string of the molecule is c1ccc(-c2cc(-c3ccccc3)c3c([o+]2)CCC(C2CCCCC2)C3)cc1. The first kappa shape index (κ1) is 17.7. The third-order valence-electron chi connectivity index (χ3n) is 6.84. The smallest absolute Gasteiger partial charge is 0.212 e. The summed E-state index contributed by atoms with van der Waals surface area (Å²) in [4.78, 5) is 0. The zero-order valence-corrected chi connectivity index (χ0v) is 16.6. The second kappa shape index (κ2) is 7.91. The molecule has 28 heavy (non-hydrogen) atoms. The second-order valence-electron chi connectivity index (χ2n) is 8.56. The fourth-order valence-corrected chi connectivity index (χ4v) is 5.33. The number of fused-ring (bicyclic) bond motifs is 1. The summed E-state index contributed by atoms with van der Waals surface area (Å²) in [6.07, 6.45) is 10.7. The molecular formula is C27H29O+. The van der Waals surface area contributed by atoms with Gasteiger partial charge in [-0.1, -0.05) is 80.6 Å². The second-order valence-corrected chi connectivity index (χ2v) is 8.56. The van der Waals surface area contributed by atoms with E-state index < -0.39 is 0 Å². The van der Waals surface area contributed by atoms with Gasteiger partial charge in [-0.2, -0.15) is 0 Å². The Morgan fingerprint density at radius 2 is 1.36 bits per heavy atom. The number of hydrogen-bond donors (Lipinski definition) is 0. The lowest BCUT2D eigenvalue weighted by Crippen LogP contribution is -2.25. The van der Waals surface area contributed by atoms with E-state index in [9.17, 15) is 0 Å². The van der Waals surface area contributed by atoms with Crippen molar-refractivity contribution >= 4 is 0 Å². The number of benzene rings is 2. The minimum atomic E-state index is 0.827. The van der Waals surface area contributed by atoms with Crippen LogP contribution in [0.25, 0.3) is 22.5 Å². The van der Waals surface area contributed by atoms with Crippen LogP contribution in [0.1, 0.15) is 49.8 Å². The molecule has 3 aromatic rings. The van der Waals surface area contributed by atoms with E-state index in [4.69, 9.17) is 4.42 Å². The zero-order chi connectivity index (χ0) is 18.8. The van der Waals surface area contributed by atoms with Crippen molar-refractivity contribution in [1.29, 1.82) is 0 Å². The molecule has 1 aromatic heterocycles. The standard InChI is InChI=1S/C27H29O/c1-4-10-20(11-5-1)23-16-17-26-25(18-23)24(21-12-6-2-7-13-21)19-27(28-26)22-14-8-3-9-15-22/h2-3,6-9,12-15,19-20,23H,1,4-5,10-11,16-18H2/q+1. The highest BCUT2D eigenvalue weighted by Gasteiger charge is 2.35. The Labute approximate surface area is 168 Å². The largest absolute Gasteiger partial charge is 0.360 e. The molecule has 2 aliphatic carbocycles. The molecule has 0 saturated heterocycles. The molecule has 0 spiro atoms. The summed E-state index contributed by atoms with van der Waals surface area (Å²) in [6.45, 7) is 0. The molecule has 1 fully saturated rings. The van der Waals surface area contributed by atoms with E-state index in [-0.39, 0.29) is 0 Å². The average molecular weight is 370 g/mol. The molecule has 0 N–H and O–H groups in total. The molecule has 142 valence electrons. The van der Waals surface area contributed by atoms with Crippen LogP contribution in [0, 0.1) is 11.8 Å². The Hall–Kier alpha value is -2.41. The lowest BCUT2D eigenvalue weighted by Gasteiger charge is -2.32. The fraction of sp³-hybridized carbons (Fsp3) is 0.370. The molecule has 1 nitrogen and oxygen atoms in total. The lowest BCUT2D eigenvalue weighted by molar-refractivity contribution is 0.220. The van der Waals surface area contributed by atoms with Gasteiger partial charge in [-0.25, -0.2) is 4.42 Å². The quantitative estimate of drug-likeness (QED) is 0.433. The zero-order valence-electron chi connectivity index (χ0n) is 16.6. The molecule has 0 amide bonds. The van der Waals surface area contributed by atoms with Crippen molar-refractivity contribution in [2.75, 3.05) is 0 Å². The van der Waals surface area contributed by atoms with Gasteiger partial charge in [0.15, 0.2) is 0 Å². The van der Waals surface area contributed by atoms with Crippen molar-refractivity contribution in [3.8, 4) is 22.5 Å². The van der Waals surface area contributed by atoms with Gasteiger partial charge >= 0.3 is 11.5 Å². The van der Waals surface area contributed by atoms with Gasteiger partial charge < -0.3 is 0 Å². The summed E-state index contributed by atoms with van der Waals surface area (Å²) in [7, 11) is 0. The monoisotopic (exact) mass is 369 g/mol. The van der Waals surface area contributed by atoms with E-state index >= 15 is 0 Å². The van der Waals surface area contributed by atoms with Crippen LogP contribution < -0.4 is 0 Å². The number of hydrogen-bond acceptors (Lipinski definition) is 0. The van der Waals surface area contributed by atoms with Gasteiger partial charge in [0, 0.05) is 5.56 Å². The van der Waals surface area contributed by atoms with Gasteiger partial charge in [0.25, 0.3) is 0 Å². The summed E-state index contributed by atoms with van der Waals surface area (Å²) in [5, 5.41) is 0. The van der Waals surface area contributed by atoms with Crippen LogP contribution >= 0.6 is 0 Å². The summed E-state index contributed by atoms with van der Waals surface area (Å²) in [5.74, 6) is 3.95. The minimum absolute atomic E-state index is 0.827. The first-order chi connectivity index (χ1) is 13.9. The molecule has 1 heteroatoms. The molecule has 2 aromatic carbocycles. The summed E-state index contributed by atoms with van der Waals surface area (Å²) in [6, 6.07) is 23.7. The van der Waals surface area contributed by atoms with Gasteiger partial charge in [-0.15, -0.1) is 0 Å². The molecule has 1 atom stereocenters. The number of rotatable bonds is 3. The van der Waals surface area contributed by atoms with Gasteiger partial charge in [0.1, 0.15) is 0 Å². The van der Waals surface area contributed by atoms with Crippen molar-refractivity contribution < 1.29 is 4.42 Å². The molecule has 0 radical (unpaired) electrons. The minimum Gasteiger partial charge on any atom is -0.212 e. The summed E-state index contributed by atoms with van der Waals surface area (Å²) < 4.78 is 6.48. The number of aryl methyl sites for hydroxylation is 1. The predicted molar refractivity (Wildman–Crippen MR) is 116 cm³/mol. The maximum absolute atomic E-state index is 6.48. The Morgan fingerprint density at radius 3 is 2.07 bits per heavy atom. The van der Waals surface area contributed by atoms with Crippen LogP contribution in [-0.4, -0.2) is 0 Å². The molecule has 0 bridgehead atoms. The van der Waals surface area contributed by atoms with Gasteiger partial charge in [-0.05, 0) is 42.4 Å². The van der Waals surface area contributed by atoms with Crippen molar-refractivity contribution in [3.63, 3.8) is 0 Å². The van der Waals surface area contributed by atoms with Crippen LogP contribution in [0.2, 0.25) is 0 Å². The maximum atomic E-state index is 6.48. The van der Waals surface area contributed by atoms with Crippen LogP contribution in [0.15, 0.2) is 71.1 Å². The third-order valence-corrected chi connectivity index (χ3v) is 6.84. The topological polar surface area (TPSA) is 11.3 Å². The average Bonchev–Trinajstić information content (AvgIpc) is 2.80. The Bertz CT molecular complexity index is 923. The maximum Gasteiger partial charge on any atom is 0.360 e. The lowest BCUT2D eigenvalue weighted by atomic mass is 9.72. The fourth-order valence-electron chi connectivity index (χ4n) is 5.33. The van der Waals surface area contributed by atoms with E-state index in [0.717, 1.165) is 29.6 Å². The Morgan fingerprint density at radius 1 is 0.679 bits per heavy atom. The molecular weight excluding hydrogens is 340 g/mol. The van der Waals surface area contributed by atoms with Gasteiger partial charge in [0.2, 0.25) is 0 Å². The van der Waals surface area contributed by atoms with E-state index in [2.05, 4.69) is 66.7 Å². The predicted octanol–water partition coefficient (Wildman–Crippen LogP) is 7.58. The van der Waals surface area contributed by atoms with Crippen LogP contribution in [0.5, 0.6) is 0 Å². The highest BCUT2D eigenvalue weighted by Crippen LogP contribution is 2.42. The first-order valence-corrected chi connectivity index (χ1v) is 11.0. The highest BCUT2D eigenvalue weighted by molar-refractivity contribution is 5.73. The summed E-state index contributed by atoms with van der Waals surface area (Å²) >= 11 is 0. The van der Waals surface area contributed by atoms with E-state index in [1.165, 1.54) is 67.4 Å². The molecule has 1 unspecified atom stereocenters. The molecule has 5 rings (SSSR count). The third kappa shape index (κ3) is 3.51. The highest BCUT2D eigenvalue weighted by atomic mass is 16.3. The van der Waals surface area contributed by atoms with Crippen LogP contribution in [0.4, 0.5) is 0 Å². The normalized spacial score (nSPS) is 19.9. The molecule has 0 aliphatic heterocycles. The summed E-state index contributed by atoms with van der Waals surface area (Å²) in [5.41, 5.74) is 5.32.